The van der Waals surface area contributed by atoms with Crippen LogP contribution < -0.4 is 15.4 Å². The topological polar surface area (TPSA) is 154 Å². The second kappa shape index (κ2) is 11.2. The largest absolute Gasteiger partial charge is 0.472 e. The molecule has 2 saturated carbocycles. The highest BCUT2D eigenvalue weighted by atomic mass is 19.4. The Hall–Kier alpha value is -4.16. The van der Waals surface area contributed by atoms with Crippen molar-refractivity contribution in [2.45, 2.75) is 89.1 Å². The molecule has 2 saturated heterocycles. The lowest BCUT2D eigenvalue weighted by Gasteiger charge is -2.39. The van der Waals surface area contributed by atoms with Crippen LogP contribution in [0.1, 0.15) is 47.0 Å². The second-order valence-electron chi connectivity index (χ2n) is 14.3. The number of nitrogens with zero attached hydrogens (tertiary/aromatic N) is 4. The van der Waals surface area contributed by atoms with E-state index < -0.39 is 83.2 Å². The van der Waals surface area contributed by atoms with Gasteiger partial charge in [-0.05, 0) is 61.0 Å². The highest BCUT2D eigenvalue weighted by Gasteiger charge is 2.65. The predicted molar refractivity (Wildman–Crippen MR) is 154 cm³/mol. The number of alkyl carbamates (subject to hydrolysis) is 1. The number of likely N-dealkylation sites (tertiary alicyclic amines) is 2. The maximum absolute atomic E-state index is 15.2. The number of amides is 4. The molecule has 1 unspecified atom stereocenters. The van der Waals surface area contributed by atoms with Crippen LogP contribution >= 0.6 is 0 Å². The number of alkyl halides is 4. The maximum atomic E-state index is 15.2. The molecule has 4 heterocycles. The molecule has 16 heteroatoms. The highest BCUT2D eigenvalue weighted by Crippen LogP contribution is 2.59. The first-order valence-corrected chi connectivity index (χ1v) is 15.6. The fourth-order valence-corrected chi connectivity index (χ4v) is 8.12. The van der Waals surface area contributed by atoms with Gasteiger partial charge in [0, 0.05) is 19.2 Å². The number of rotatable bonds is 4. The fraction of sp³-hybridized carbons (Fsp3) is 0.677. The van der Waals surface area contributed by atoms with Gasteiger partial charge in [0.05, 0.1) is 12.6 Å². The molecule has 10 atom stereocenters. The molecule has 2 bridgehead atoms. The van der Waals surface area contributed by atoms with Gasteiger partial charge in [-0.2, -0.15) is 18.4 Å². The van der Waals surface area contributed by atoms with Gasteiger partial charge in [-0.3, -0.25) is 14.4 Å². The Kier molecular flexibility index (Phi) is 7.83. The Morgan fingerprint density at radius 3 is 2.60 bits per heavy atom. The molecule has 254 valence electrons. The number of pyridine rings is 1. The standard InChI is InChI=1S/C31H36F4N6O6/c1-14(31(33,34)35)46-28(45)38-23(29(2,3)4)26(43)40-12-18-15-8-17(19(32)9-15)21(18)22(40)25(42)41-13-30(10-16(41)11-36)27(44)39-24-20(47-30)6-5-7-37-24/h5-7,14-19,21-23H,8-10,12-13H2,1-4H3,(H,38,45)(H,37,39,44)/t14-,15-,16-,17+,18?,19+,21-,22-,23+,30+/m0/s1. The molecule has 4 fully saturated rings. The normalized spacial score (nSPS) is 33.8. The van der Waals surface area contributed by atoms with E-state index in [9.17, 15) is 37.6 Å². The van der Waals surface area contributed by atoms with Crippen LogP contribution in [0.3, 0.4) is 0 Å². The van der Waals surface area contributed by atoms with E-state index >= 15 is 4.39 Å². The third-order valence-corrected chi connectivity index (χ3v) is 10.4. The fourth-order valence-electron chi connectivity index (χ4n) is 8.12. The molecule has 47 heavy (non-hydrogen) atoms. The van der Waals surface area contributed by atoms with E-state index in [-0.39, 0.29) is 49.3 Å². The Morgan fingerprint density at radius 1 is 1.21 bits per heavy atom. The summed E-state index contributed by atoms with van der Waals surface area (Å²) in [6.45, 7) is 5.18. The number of anilines is 1. The van der Waals surface area contributed by atoms with E-state index in [1.807, 2.05) is 0 Å². The molecule has 0 radical (unpaired) electrons. The van der Waals surface area contributed by atoms with Crippen LogP contribution in [-0.4, -0.2) is 93.9 Å². The molecule has 2 aliphatic carbocycles. The lowest BCUT2D eigenvalue weighted by molar-refractivity contribution is -0.197. The molecule has 1 aromatic heterocycles. The van der Waals surface area contributed by atoms with Crippen LogP contribution in [0.25, 0.3) is 0 Å². The first-order valence-electron chi connectivity index (χ1n) is 15.6. The molecule has 3 aliphatic heterocycles. The van der Waals surface area contributed by atoms with Crippen molar-refractivity contribution < 1.29 is 46.2 Å². The summed E-state index contributed by atoms with van der Waals surface area (Å²) in [5, 5.41) is 15.1. The number of ether oxygens (including phenoxy) is 2. The van der Waals surface area contributed by atoms with Gasteiger partial charge in [0.2, 0.25) is 17.4 Å². The number of nitrogens with one attached hydrogen (secondary N) is 2. The van der Waals surface area contributed by atoms with Gasteiger partial charge < -0.3 is 29.9 Å². The second-order valence-corrected chi connectivity index (χ2v) is 14.3. The van der Waals surface area contributed by atoms with Gasteiger partial charge in [0.25, 0.3) is 5.91 Å². The van der Waals surface area contributed by atoms with Crippen LogP contribution in [0.5, 0.6) is 5.75 Å². The van der Waals surface area contributed by atoms with Gasteiger partial charge in [0.1, 0.15) is 24.3 Å². The van der Waals surface area contributed by atoms with Crippen LogP contribution in [0.4, 0.5) is 28.2 Å². The lowest BCUT2D eigenvalue weighted by atomic mass is 9.77. The van der Waals surface area contributed by atoms with Gasteiger partial charge in [-0.25, -0.2) is 14.2 Å². The summed E-state index contributed by atoms with van der Waals surface area (Å²) in [5.41, 5.74) is -2.67. The quantitative estimate of drug-likeness (QED) is 0.466. The van der Waals surface area contributed by atoms with E-state index in [2.05, 4.69) is 26.4 Å². The van der Waals surface area contributed by atoms with Crippen molar-refractivity contribution in [3.05, 3.63) is 18.3 Å². The van der Waals surface area contributed by atoms with E-state index in [1.54, 1.807) is 32.9 Å². The van der Waals surface area contributed by atoms with Crippen molar-refractivity contribution in [3.8, 4) is 11.8 Å². The van der Waals surface area contributed by atoms with Crippen LogP contribution in [0.2, 0.25) is 0 Å². The van der Waals surface area contributed by atoms with Gasteiger partial charge in [-0.15, -0.1) is 0 Å². The number of aromatic nitrogens is 1. The molecule has 4 amide bonds. The third-order valence-electron chi connectivity index (χ3n) is 10.4. The molecular formula is C31H36F4N6O6. The number of nitriles is 1. The summed E-state index contributed by atoms with van der Waals surface area (Å²) in [6.07, 6.45) is -7.81. The SMILES string of the molecule is C[C@H](OC(=O)N[C@H](C(=O)N1CC2[C@H]3C[C@@H]([C@@H]2[C@H]1C(=O)N1C[C@@]2(C[C@H]1C#N)Oc1cccnc1NC2=O)[C@H](F)C3)C(C)(C)C)C(F)(F)F. The molecule has 2 N–H and O–H groups in total. The molecule has 1 aromatic rings. The molecule has 0 aromatic carbocycles. The zero-order valence-corrected chi connectivity index (χ0v) is 26.2. The summed E-state index contributed by atoms with van der Waals surface area (Å²) >= 11 is 0. The van der Waals surface area contributed by atoms with Gasteiger partial charge in [-0.1, -0.05) is 20.8 Å². The number of hydrogen-bond donors (Lipinski definition) is 2. The summed E-state index contributed by atoms with van der Waals surface area (Å²) in [5.74, 6) is -3.02. The zero-order valence-electron chi connectivity index (χ0n) is 26.2. The minimum atomic E-state index is -4.83. The van der Waals surface area contributed by atoms with E-state index in [1.165, 1.54) is 16.0 Å². The molecule has 6 rings (SSSR count). The first kappa shape index (κ1) is 32.8. The number of halogens is 4. The van der Waals surface area contributed by atoms with Crippen LogP contribution in [-0.2, 0) is 19.1 Å². The van der Waals surface area contributed by atoms with E-state index in [4.69, 9.17) is 4.74 Å². The van der Waals surface area contributed by atoms with Crippen molar-refractivity contribution in [1.82, 2.24) is 20.1 Å². The Labute approximate surface area is 268 Å². The number of hydrogen-bond acceptors (Lipinski definition) is 8. The van der Waals surface area contributed by atoms with Gasteiger partial charge in [0.15, 0.2) is 17.7 Å². The number of carbonyl (C=O) groups is 4. The van der Waals surface area contributed by atoms with Crippen molar-refractivity contribution in [3.63, 3.8) is 0 Å². The molecule has 1 spiro atoms. The van der Waals surface area contributed by atoms with Crippen molar-refractivity contribution in [2.24, 2.45) is 29.1 Å². The number of fused-ring (bicyclic) bond motifs is 6. The highest BCUT2D eigenvalue weighted by molar-refractivity contribution is 6.01. The predicted octanol–water partition coefficient (Wildman–Crippen LogP) is 3.19. The van der Waals surface area contributed by atoms with Gasteiger partial charge >= 0.3 is 12.3 Å². The van der Waals surface area contributed by atoms with Crippen LogP contribution in [0, 0.1) is 40.4 Å². The number of carbonyl (C=O) groups excluding carboxylic acids is 4. The zero-order chi connectivity index (χ0) is 34.2. The summed E-state index contributed by atoms with van der Waals surface area (Å²) in [6, 6.07) is 1.47. The Bertz CT molecular complexity index is 1530. The Morgan fingerprint density at radius 2 is 1.94 bits per heavy atom. The summed E-state index contributed by atoms with van der Waals surface area (Å²) in [4.78, 5) is 61.4. The maximum Gasteiger partial charge on any atom is 0.425 e. The minimum Gasteiger partial charge on any atom is -0.472 e. The lowest BCUT2D eigenvalue weighted by Crippen LogP contribution is -2.60. The minimum absolute atomic E-state index is 0.0578. The van der Waals surface area contributed by atoms with Crippen molar-refractivity contribution >= 4 is 29.6 Å². The van der Waals surface area contributed by atoms with E-state index in [0.29, 0.717) is 13.3 Å². The molecular weight excluding hydrogens is 628 g/mol. The summed E-state index contributed by atoms with van der Waals surface area (Å²) in [7, 11) is 0. The first-order chi connectivity index (χ1) is 21.9. The van der Waals surface area contributed by atoms with Crippen molar-refractivity contribution in [2.75, 3.05) is 18.4 Å². The molecule has 5 aliphatic rings. The van der Waals surface area contributed by atoms with Crippen LogP contribution in [0.15, 0.2) is 18.3 Å². The monoisotopic (exact) mass is 664 g/mol. The van der Waals surface area contributed by atoms with E-state index in [0.717, 1.165) is 0 Å². The Balaban J connectivity index is 1.31. The average Bonchev–Trinajstić information content (AvgIpc) is 3.74. The smallest absolute Gasteiger partial charge is 0.425 e. The average molecular weight is 665 g/mol. The molecule has 12 nitrogen and oxygen atoms in total. The van der Waals surface area contributed by atoms with Crippen molar-refractivity contribution in [1.29, 1.82) is 5.26 Å². The third kappa shape index (κ3) is 5.50. The summed E-state index contributed by atoms with van der Waals surface area (Å²) < 4.78 is 65.1.